The molecule has 0 bridgehead atoms. The zero-order valence-electron chi connectivity index (χ0n) is 10.0. The number of amides is 1. The summed E-state index contributed by atoms with van der Waals surface area (Å²) in [6.45, 7) is 0. The van der Waals surface area contributed by atoms with Crippen LogP contribution in [0.4, 0.5) is 0 Å². The largest absolute Gasteiger partial charge is 0.506 e. The van der Waals surface area contributed by atoms with Crippen molar-refractivity contribution in [2.24, 2.45) is 5.10 Å². The Bertz CT molecular complexity index is 637. The maximum absolute atomic E-state index is 11.7. The van der Waals surface area contributed by atoms with E-state index in [-0.39, 0.29) is 11.7 Å². The van der Waals surface area contributed by atoms with Crippen molar-refractivity contribution < 1.29 is 9.90 Å². The van der Waals surface area contributed by atoms with Crippen LogP contribution in [0.25, 0.3) is 0 Å². The molecule has 1 amide bonds. The highest BCUT2D eigenvalue weighted by Gasteiger charge is 2.05. The van der Waals surface area contributed by atoms with Crippen molar-refractivity contribution in [2.45, 2.75) is 0 Å². The fourth-order valence-electron chi connectivity index (χ4n) is 1.39. The van der Waals surface area contributed by atoms with Crippen LogP contribution in [0.15, 0.2) is 41.8 Å². The third-order valence-corrected chi connectivity index (χ3v) is 3.99. The first kappa shape index (κ1) is 15.2. The molecule has 0 aliphatic heterocycles. The number of phenolic OH excluding ortho intramolecular Hbond substituents is 1. The molecule has 2 aromatic rings. The van der Waals surface area contributed by atoms with E-state index in [2.05, 4.69) is 15.5 Å². The number of nitrogens with zero attached hydrogens (tertiary/aromatic N) is 2. The minimum atomic E-state index is -0.322. The molecule has 2 rings (SSSR count). The Kier molecular flexibility index (Phi) is 5.29. The topological polar surface area (TPSA) is 74.6 Å². The minimum Gasteiger partial charge on any atom is -0.506 e. The number of nitrogens with one attached hydrogen (secondary N) is 1. The summed E-state index contributed by atoms with van der Waals surface area (Å²) in [4.78, 5) is 15.6. The molecular weight excluding hydrogens is 484 g/mol. The first-order valence-corrected chi connectivity index (χ1v) is 7.65. The Labute approximate surface area is 142 Å². The number of pyridine rings is 1. The zero-order valence-corrected chi connectivity index (χ0v) is 14.4. The van der Waals surface area contributed by atoms with Gasteiger partial charge in [0, 0.05) is 12.4 Å². The average molecular weight is 493 g/mol. The maximum Gasteiger partial charge on any atom is 0.272 e. The van der Waals surface area contributed by atoms with Gasteiger partial charge in [-0.3, -0.25) is 9.78 Å². The number of aromatic nitrogens is 1. The second kappa shape index (κ2) is 6.97. The predicted molar refractivity (Wildman–Crippen MR) is 92.8 cm³/mol. The van der Waals surface area contributed by atoms with Crippen LogP contribution in [0.1, 0.15) is 15.9 Å². The predicted octanol–water partition coefficient (Wildman–Crippen LogP) is 2.76. The Hall–Kier alpha value is -1.23. The van der Waals surface area contributed by atoms with Crippen LogP contribution in [0.3, 0.4) is 0 Å². The van der Waals surface area contributed by atoms with E-state index in [9.17, 15) is 9.90 Å². The number of carbonyl (C=O) groups excluding carboxylic acids is 1. The normalized spacial score (nSPS) is 10.7. The Balaban J connectivity index is 2.06. The monoisotopic (exact) mass is 493 g/mol. The van der Waals surface area contributed by atoms with Gasteiger partial charge in [0.2, 0.25) is 0 Å². The highest BCUT2D eigenvalue weighted by atomic mass is 127. The van der Waals surface area contributed by atoms with Crippen LogP contribution in [-0.4, -0.2) is 22.2 Å². The van der Waals surface area contributed by atoms with Gasteiger partial charge in [-0.05, 0) is 75.0 Å². The number of carbonyl (C=O) groups is 1. The lowest BCUT2D eigenvalue weighted by Gasteiger charge is -2.02. The van der Waals surface area contributed by atoms with Crippen molar-refractivity contribution in [2.75, 3.05) is 0 Å². The van der Waals surface area contributed by atoms with Crippen LogP contribution in [0.5, 0.6) is 5.75 Å². The number of benzene rings is 1. The van der Waals surface area contributed by atoms with Gasteiger partial charge in [0.1, 0.15) is 5.75 Å². The molecule has 7 heteroatoms. The molecule has 0 unspecified atom stereocenters. The first-order chi connectivity index (χ1) is 9.58. The Morgan fingerprint density at radius 1 is 1.35 bits per heavy atom. The molecular formula is C13H9I2N3O2. The number of halogens is 2. The van der Waals surface area contributed by atoms with E-state index in [1.54, 1.807) is 30.5 Å². The highest BCUT2D eigenvalue weighted by Crippen LogP contribution is 2.26. The molecule has 0 fully saturated rings. The zero-order chi connectivity index (χ0) is 14.5. The van der Waals surface area contributed by atoms with E-state index in [0.29, 0.717) is 5.56 Å². The Morgan fingerprint density at radius 2 is 2.05 bits per heavy atom. The van der Waals surface area contributed by atoms with Gasteiger partial charge in [-0.25, -0.2) is 5.43 Å². The Morgan fingerprint density at radius 3 is 2.65 bits per heavy atom. The first-order valence-electron chi connectivity index (χ1n) is 5.49. The molecule has 1 heterocycles. The quantitative estimate of drug-likeness (QED) is 0.393. The SMILES string of the molecule is O=C(N/N=C\c1cc(I)c(O)c(I)c1)c1cccnc1. The van der Waals surface area contributed by atoms with Crippen LogP contribution in [0.2, 0.25) is 0 Å². The molecule has 1 aromatic heterocycles. The fraction of sp³-hybridized carbons (Fsp3) is 0. The molecule has 20 heavy (non-hydrogen) atoms. The van der Waals surface area contributed by atoms with Crippen molar-refractivity contribution in [3.63, 3.8) is 0 Å². The third-order valence-electron chi connectivity index (χ3n) is 2.34. The van der Waals surface area contributed by atoms with E-state index >= 15 is 0 Å². The van der Waals surface area contributed by atoms with Crippen molar-refractivity contribution in [3.05, 3.63) is 54.9 Å². The minimum absolute atomic E-state index is 0.253. The van der Waals surface area contributed by atoms with Crippen molar-refractivity contribution >= 4 is 57.3 Å². The summed E-state index contributed by atoms with van der Waals surface area (Å²) in [5.41, 5.74) is 3.66. The fourth-order valence-corrected chi connectivity index (χ4v) is 3.20. The lowest BCUT2D eigenvalue weighted by molar-refractivity contribution is 0.0955. The van der Waals surface area contributed by atoms with Crippen molar-refractivity contribution in [1.82, 2.24) is 10.4 Å². The van der Waals surface area contributed by atoms with Crippen molar-refractivity contribution in [1.29, 1.82) is 0 Å². The van der Waals surface area contributed by atoms with Gasteiger partial charge in [0.05, 0.1) is 18.9 Å². The average Bonchev–Trinajstić information content (AvgIpc) is 2.45. The summed E-state index contributed by atoms with van der Waals surface area (Å²) in [6, 6.07) is 6.89. The summed E-state index contributed by atoms with van der Waals surface area (Å²) in [7, 11) is 0. The molecule has 0 saturated carbocycles. The van der Waals surface area contributed by atoms with Gasteiger partial charge < -0.3 is 5.11 Å². The van der Waals surface area contributed by atoms with E-state index in [0.717, 1.165) is 12.7 Å². The lowest BCUT2D eigenvalue weighted by Crippen LogP contribution is -2.17. The number of rotatable bonds is 3. The lowest BCUT2D eigenvalue weighted by atomic mass is 10.2. The number of hydrazone groups is 1. The van der Waals surface area contributed by atoms with Crippen LogP contribution >= 0.6 is 45.2 Å². The van der Waals surface area contributed by atoms with Crippen LogP contribution in [-0.2, 0) is 0 Å². The van der Waals surface area contributed by atoms with Crippen molar-refractivity contribution in [3.8, 4) is 5.75 Å². The number of hydrogen-bond donors (Lipinski definition) is 2. The molecule has 1 aromatic carbocycles. The highest BCUT2D eigenvalue weighted by molar-refractivity contribution is 14.1. The number of aromatic hydroxyl groups is 1. The molecule has 0 aliphatic carbocycles. The second-order valence-corrected chi connectivity index (χ2v) is 6.10. The van der Waals surface area contributed by atoms with E-state index < -0.39 is 0 Å². The van der Waals surface area contributed by atoms with Gasteiger partial charge in [0.15, 0.2) is 0 Å². The summed E-state index contributed by atoms with van der Waals surface area (Å²) < 4.78 is 1.46. The smallest absolute Gasteiger partial charge is 0.272 e. The van der Waals surface area contributed by atoms with Gasteiger partial charge in [-0.1, -0.05) is 0 Å². The van der Waals surface area contributed by atoms with Gasteiger partial charge >= 0.3 is 0 Å². The molecule has 0 aliphatic rings. The van der Waals surface area contributed by atoms with Gasteiger partial charge in [0.25, 0.3) is 5.91 Å². The summed E-state index contributed by atoms with van der Waals surface area (Å²) in [5, 5.41) is 13.5. The molecule has 0 saturated heterocycles. The standard InChI is InChI=1S/C13H9I2N3O2/c14-10-4-8(5-11(15)12(10)19)6-17-18-13(20)9-2-1-3-16-7-9/h1-7,19H,(H,18,20)/b17-6-. The number of phenols is 1. The molecule has 0 radical (unpaired) electrons. The molecule has 2 N–H and O–H groups in total. The van der Waals surface area contributed by atoms with Crippen LogP contribution < -0.4 is 5.43 Å². The van der Waals surface area contributed by atoms with Gasteiger partial charge in [-0.15, -0.1) is 0 Å². The maximum atomic E-state index is 11.7. The third kappa shape index (κ3) is 3.88. The van der Waals surface area contributed by atoms with E-state index in [1.165, 1.54) is 12.4 Å². The molecule has 0 spiro atoms. The molecule has 102 valence electrons. The summed E-state index contributed by atoms with van der Waals surface area (Å²) >= 11 is 4.08. The van der Waals surface area contributed by atoms with E-state index in [1.807, 2.05) is 45.2 Å². The molecule has 5 nitrogen and oxygen atoms in total. The van der Waals surface area contributed by atoms with Gasteiger partial charge in [-0.2, -0.15) is 5.10 Å². The number of hydrogen-bond acceptors (Lipinski definition) is 4. The molecule has 0 atom stereocenters. The van der Waals surface area contributed by atoms with E-state index in [4.69, 9.17) is 0 Å². The second-order valence-electron chi connectivity index (χ2n) is 3.77. The van der Waals surface area contributed by atoms with Crippen LogP contribution in [0, 0.1) is 7.14 Å². The summed E-state index contributed by atoms with van der Waals surface area (Å²) in [5.74, 6) is -0.0692. The summed E-state index contributed by atoms with van der Waals surface area (Å²) in [6.07, 6.45) is 4.59.